The van der Waals surface area contributed by atoms with Crippen LogP contribution in [-0.2, 0) is 35.0 Å². The van der Waals surface area contributed by atoms with Gasteiger partial charge in [0.2, 0.25) is 5.91 Å². The largest absolute Gasteiger partial charge is 0.416 e. The van der Waals surface area contributed by atoms with Crippen LogP contribution < -0.4 is 5.32 Å². The molecule has 0 saturated carbocycles. The third-order valence-electron chi connectivity index (χ3n) is 6.74. The summed E-state index contributed by atoms with van der Waals surface area (Å²) < 4.78 is 85.7. The van der Waals surface area contributed by atoms with E-state index in [0.717, 1.165) is 15.3 Å². The molecular weight excluding hydrogens is 598 g/mol. The van der Waals surface area contributed by atoms with Crippen molar-refractivity contribution in [1.29, 1.82) is 0 Å². The van der Waals surface area contributed by atoms with Gasteiger partial charge >= 0.3 is 18.4 Å². The predicted molar refractivity (Wildman–Crippen MR) is 149 cm³/mol. The highest BCUT2D eigenvalue weighted by molar-refractivity contribution is 7.09. The number of halogens is 6. The summed E-state index contributed by atoms with van der Waals surface area (Å²) in [6.45, 7) is 2.47. The topological polar surface area (TPSA) is 65.1 Å². The quantitative estimate of drug-likeness (QED) is 0.273. The fourth-order valence-corrected chi connectivity index (χ4v) is 5.18. The van der Waals surface area contributed by atoms with Crippen LogP contribution in [0.25, 0.3) is 0 Å². The van der Waals surface area contributed by atoms with Gasteiger partial charge in [0.1, 0.15) is 6.54 Å². The Labute approximate surface area is 248 Å². The first-order chi connectivity index (χ1) is 20.4. The molecule has 1 saturated heterocycles. The number of carbonyl (C=O) groups excluding carboxylic acids is 2. The molecule has 0 bridgehead atoms. The molecule has 1 aromatic heterocycles. The first-order valence-corrected chi connectivity index (χ1v) is 14.3. The second-order valence-electron chi connectivity index (χ2n) is 9.92. The van der Waals surface area contributed by atoms with Crippen LogP contribution in [-0.4, -0.2) is 72.6 Å². The summed E-state index contributed by atoms with van der Waals surface area (Å²) in [5, 5.41) is 4.04. The number of alkyl halides is 6. The second kappa shape index (κ2) is 14.2. The van der Waals surface area contributed by atoms with Crippen molar-refractivity contribution in [2.24, 2.45) is 0 Å². The van der Waals surface area contributed by atoms with E-state index in [-0.39, 0.29) is 25.7 Å². The van der Waals surface area contributed by atoms with Gasteiger partial charge in [0.05, 0.1) is 30.9 Å². The van der Waals surface area contributed by atoms with Crippen molar-refractivity contribution in [1.82, 2.24) is 14.7 Å². The summed E-state index contributed by atoms with van der Waals surface area (Å²) in [6, 6.07) is 12.8. The van der Waals surface area contributed by atoms with Crippen LogP contribution in [0.15, 0.2) is 66.0 Å². The molecule has 0 spiro atoms. The third-order valence-corrected chi connectivity index (χ3v) is 7.60. The summed E-state index contributed by atoms with van der Waals surface area (Å²) in [5.41, 5.74) is -2.95. The average molecular weight is 629 g/mol. The monoisotopic (exact) mass is 628 g/mol. The Morgan fingerprint density at radius 1 is 0.860 bits per heavy atom. The zero-order valence-electron chi connectivity index (χ0n) is 23.0. The molecule has 1 aliphatic heterocycles. The maximum absolute atomic E-state index is 13.6. The lowest BCUT2D eigenvalue weighted by atomic mass is 10.1. The maximum Gasteiger partial charge on any atom is 0.416 e. The van der Waals surface area contributed by atoms with Gasteiger partial charge in [-0.15, -0.1) is 11.3 Å². The van der Waals surface area contributed by atoms with E-state index in [1.54, 1.807) is 4.90 Å². The van der Waals surface area contributed by atoms with Gasteiger partial charge in [-0.3, -0.25) is 9.69 Å². The van der Waals surface area contributed by atoms with Crippen molar-refractivity contribution >= 4 is 29.0 Å². The molecule has 14 heteroatoms. The fraction of sp³-hybridized carbons (Fsp3) is 0.379. The van der Waals surface area contributed by atoms with Gasteiger partial charge in [-0.25, -0.2) is 4.79 Å². The SMILES string of the molecule is O=C(CN(CCN1CCOCC1)C(=O)Nc1cc(C(F)(F)F)cc(C(F)(F)F)c1)N(Cc1ccccc1)Cc1cccs1. The van der Waals surface area contributed by atoms with Crippen LogP contribution in [0.1, 0.15) is 21.6 Å². The second-order valence-corrected chi connectivity index (χ2v) is 10.9. The molecule has 3 amide bonds. The van der Waals surface area contributed by atoms with Crippen molar-refractivity contribution in [3.8, 4) is 0 Å². The molecule has 1 N–H and O–H groups in total. The fourth-order valence-electron chi connectivity index (χ4n) is 4.46. The number of ether oxygens (including phenoxy) is 1. The predicted octanol–water partition coefficient (Wildman–Crippen LogP) is 6.18. The first kappa shape index (κ1) is 32.3. The molecule has 1 aliphatic rings. The molecule has 0 aliphatic carbocycles. The molecule has 1 fully saturated rings. The van der Waals surface area contributed by atoms with E-state index in [1.807, 2.05) is 52.7 Å². The van der Waals surface area contributed by atoms with Crippen LogP contribution in [0.2, 0.25) is 0 Å². The Morgan fingerprint density at radius 3 is 2.09 bits per heavy atom. The lowest BCUT2D eigenvalue weighted by Crippen LogP contribution is -2.48. The summed E-state index contributed by atoms with van der Waals surface area (Å²) in [6.07, 6.45) is -10.2. The lowest BCUT2D eigenvalue weighted by molar-refractivity contribution is -0.143. The van der Waals surface area contributed by atoms with Gasteiger partial charge in [-0.2, -0.15) is 26.3 Å². The number of rotatable bonds is 10. The summed E-state index contributed by atoms with van der Waals surface area (Å²) in [7, 11) is 0. The van der Waals surface area contributed by atoms with Gasteiger partial charge in [0.15, 0.2) is 0 Å². The van der Waals surface area contributed by atoms with Crippen molar-refractivity contribution in [2.45, 2.75) is 25.4 Å². The Balaban J connectivity index is 1.57. The number of benzene rings is 2. The van der Waals surface area contributed by atoms with E-state index >= 15 is 0 Å². The third kappa shape index (κ3) is 9.70. The van der Waals surface area contributed by atoms with Crippen LogP contribution in [0.4, 0.5) is 36.8 Å². The minimum Gasteiger partial charge on any atom is -0.379 e. The lowest BCUT2D eigenvalue weighted by Gasteiger charge is -2.31. The smallest absolute Gasteiger partial charge is 0.379 e. The highest BCUT2D eigenvalue weighted by Gasteiger charge is 2.37. The summed E-state index contributed by atoms with van der Waals surface area (Å²) in [5.74, 6) is -0.436. The van der Waals surface area contributed by atoms with Crippen molar-refractivity contribution < 1.29 is 40.7 Å². The number of amides is 3. The Bertz CT molecular complexity index is 1310. The zero-order valence-corrected chi connectivity index (χ0v) is 23.8. The van der Waals surface area contributed by atoms with Crippen LogP contribution in [0.3, 0.4) is 0 Å². The number of anilines is 1. The summed E-state index contributed by atoms with van der Waals surface area (Å²) in [4.78, 5) is 32.6. The van der Waals surface area contributed by atoms with Crippen molar-refractivity contribution in [2.75, 3.05) is 51.3 Å². The average Bonchev–Trinajstić information content (AvgIpc) is 3.48. The maximum atomic E-state index is 13.6. The summed E-state index contributed by atoms with van der Waals surface area (Å²) >= 11 is 1.45. The number of hydrogen-bond acceptors (Lipinski definition) is 5. The molecule has 0 atom stereocenters. The molecular formula is C29H30F6N4O3S. The highest BCUT2D eigenvalue weighted by atomic mass is 32.1. The Morgan fingerprint density at radius 2 is 1.51 bits per heavy atom. The minimum atomic E-state index is -5.08. The minimum absolute atomic E-state index is 0.000835. The van der Waals surface area contributed by atoms with E-state index in [1.165, 1.54) is 11.3 Å². The molecule has 2 heterocycles. The molecule has 0 unspecified atom stereocenters. The van der Waals surface area contributed by atoms with Gasteiger partial charge < -0.3 is 19.9 Å². The molecule has 2 aromatic carbocycles. The molecule has 232 valence electrons. The first-order valence-electron chi connectivity index (χ1n) is 13.4. The highest BCUT2D eigenvalue weighted by Crippen LogP contribution is 2.37. The van der Waals surface area contributed by atoms with Crippen molar-refractivity contribution in [3.05, 3.63) is 87.6 Å². The number of nitrogens with zero attached hydrogens (tertiary/aromatic N) is 3. The molecule has 0 radical (unpaired) electrons. The number of urea groups is 1. The molecule has 4 rings (SSSR count). The van der Waals surface area contributed by atoms with Crippen LogP contribution >= 0.6 is 11.3 Å². The van der Waals surface area contributed by atoms with Crippen molar-refractivity contribution in [3.63, 3.8) is 0 Å². The standard InChI is InChI=1S/C29H30F6N4O3S/c30-28(31,32)22-15-23(29(33,34)35)17-24(16-22)36-27(41)38(9-8-37-10-12-42-13-11-37)20-26(40)39(19-25-7-4-14-43-25)18-21-5-2-1-3-6-21/h1-7,14-17H,8-13,18-20H2,(H,36,41). The van der Waals surface area contributed by atoms with Gasteiger partial charge in [-0.1, -0.05) is 36.4 Å². The van der Waals surface area contributed by atoms with Gasteiger partial charge in [-0.05, 0) is 35.2 Å². The molecule has 7 nitrogen and oxygen atoms in total. The number of carbonyl (C=O) groups is 2. The van der Waals surface area contributed by atoms with E-state index < -0.39 is 47.6 Å². The van der Waals surface area contributed by atoms with Crippen LogP contribution in [0, 0.1) is 0 Å². The number of hydrogen-bond donors (Lipinski definition) is 1. The van der Waals surface area contributed by atoms with E-state index in [4.69, 9.17) is 4.74 Å². The molecule has 43 heavy (non-hydrogen) atoms. The van der Waals surface area contributed by atoms with Gasteiger partial charge in [0.25, 0.3) is 0 Å². The van der Waals surface area contributed by atoms with E-state index in [2.05, 4.69) is 5.32 Å². The Kier molecular flexibility index (Phi) is 10.7. The molecule has 3 aromatic rings. The zero-order chi connectivity index (χ0) is 31.0. The van der Waals surface area contributed by atoms with Crippen LogP contribution in [0.5, 0.6) is 0 Å². The van der Waals surface area contributed by atoms with Gasteiger partial charge in [0, 0.05) is 43.3 Å². The number of thiophene rings is 1. The Hall–Kier alpha value is -3.62. The van der Waals surface area contributed by atoms with E-state index in [9.17, 15) is 35.9 Å². The number of morpholine rings is 1. The van der Waals surface area contributed by atoms with E-state index in [0.29, 0.717) is 45.0 Å². The normalized spacial score (nSPS) is 14.4. The number of nitrogens with one attached hydrogen (secondary N) is 1.